The van der Waals surface area contributed by atoms with E-state index in [1.165, 1.54) is 11.8 Å². The van der Waals surface area contributed by atoms with E-state index in [0.717, 1.165) is 27.8 Å². The van der Waals surface area contributed by atoms with Crippen LogP contribution in [0.5, 0.6) is 11.5 Å². The molecular formula is C24H26N2O5. The monoisotopic (exact) mass is 422 g/mol. The molecule has 31 heavy (non-hydrogen) atoms. The summed E-state index contributed by atoms with van der Waals surface area (Å²) in [5.41, 5.74) is 3.93. The van der Waals surface area contributed by atoms with Gasteiger partial charge in [-0.1, -0.05) is 12.1 Å². The second-order valence-corrected chi connectivity index (χ2v) is 8.56. The van der Waals surface area contributed by atoms with Gasteiger partial charge in [0.2, 0.25) is 6.79 Å². The van der Waals surface area contributed by atoms with Gasteiger partial charge in [-0.15, -0.1) is 0 Å². The van der Waals surface area contributed by atoms with Gasteiger partial charge in [0.25, 0.3) is 5.91 Å². The largest absolute Gasteiger partial charge is 0.454 e. The van der Waals surface area contributed by atoms with Gasteiger partial charge < -0.3 is 14.8 Å². The van der Waals surface area contributed by atoms with Gasteiger partial charge >= 0.3 is 6.03 Å². The zero-order valence-electron chi connectivity index (χ0n) is 18.4. The number of carbonyl (C=O) groups is 3. The maximum atomic E-state index is 13.3. The minimum Gasteiger partial charge on any atom is -0.454 e. The van der Waals surface area contributed by atoms with E-state index in [1.807, 2.05) is 45.0 Å². The number of fused-ring (bicyclic) bond motifs is 1. The number of aryl methyl sites for hydroxylation is 2. The number of ketones is 1. The van der Waals surface area contributed by atoms with Crippen molar-refractivity contribution >= 4 is 17.7 Å². The van der Waals surface area contributed by atoms with E-state index in [0.29, 0.717) is 23.5 Å². The van der Waals surface area contributed by atoms with E-state index in [-0.39, 0.29) is 25.0 Å². The Balaban J connectivity index is 1.60. The van der Waals surface area contributed by atoms with Crippen molar-refractivity contribution in [3.63, 3.8) is 0 Å². The van der Waals surface area contributed by atoms with Crippen molar-refractivity contribution in [3.05, 3.63) is 57.6 Å². The zero-order chi connectivity index (χ0) is 22.5. The number of carbonyl (C=O) groups excluding carboxylic acids is 3. The quantitative estimate of drug-likeness (QED) is 0.588. The van der Waals surface area contributed by atoms with Crippen molar-refractivity contribution in [3.8, 4) is 11.5 Å². The molecule has 0 spiro atoms. The molecule has 162 valence electrons. The van der Waals surface area contributed by atoms with Crippen molar-refractivity contribution in [1.82, 2.24) is 10.2 Å². The minimum atomic E-state index is -1.07. The Morgan fingerprint density at radius 1 is 1.10 bits per heavy atom. The number of benzene rings is 2. The lowest BCUT2D eigenvalue weighted by Crippen LogP contribution is -2.45. The molecule has 2 aliphatic rings. The summed E-state index contributed by atoms with van der Waals surface area (Å²) in [6.07, 6.45) is 0.329. The van der Waals surface area contributed by atoms with Crippen LogP contribution < -0.4 is 14.8 Å². The number of imide groups is 1. The SMILES string of the molecule is CC(=O)c1c(C)cc(C)c(CN2C(=O)N[C@](C)(Cc3ccc4c(c3)OCO4)C2=O)c1C. The molecular weight excluding hydrogens is 396 g/mol. The number of hydrogen-bond donors (Lipinski definition) is 1. The standard InChI is InChI=1S/C24H26N2O5/c1-13-8-14(2)21(16(4)27)15(3)18(13)11-26-22(28)24(5,25-23(26)29)10-17-6-7-19-20(9-17)31-12-30-19/h6-9H,10-12H2,1-5H3,(H,25,29)/t24-/m1/s1. The summed E-state index contributed by atoms with van der Waals surface area (Å²) < 4.78 is 10.8. The molecule has 0 aliphatic carbocycles. The topological polar surface area (TPSA) is 84.9 Å². The molecule has 7 nitrogen and oxygen atoms in total. The Morgan fingerprint density at radius 2 is 1.81 bits per heavy atom. The number of amides is 3. The molecule has 7 heteroatoms. The zero-order valence-corrected chi connectivity index (χ0v) is 18.4. The molecule has 0 bridgehead atoms. The van der Waals surface area contributed by atoms with Gasteiger partial charge in [-0.05, 0) is 74.6 Å². The van der Waals surface area contributed by atoms with Crippen LogP contribution in [-0.4, -0.2) is 35.0 Å². The molecule has 1 fully saturated rings. The summed E-state index contributed by atoms with van der Waals surface area (Å²) >= 11 is 0. The van der Waals surface area contributed by atoms with E-state index in [9.17, 15) is 14.4 Å². The number of urea groups is 1. The van der Waals surface area contributed by atoms with Crippen LogP contribution in [0.2, 0.25) is 0 Å². The van der Waals surface area contributed by atoms with Gasteiger partial charge in [0.05, 0.1) is 6.54 Å². The summed E-state index contributed by atoms with van der Waals surface area (Å²) in [5.74, 6) is 0.987. The van der Waals surface area contributed by atoms with Crippen LogP contribution in [0.3, 0.4) is 0 Å². The van der Waals surface area contributed by atoms with Crippen LogP contribution >= 0.6 is 0 Å². The van der Waals surface area contributed by atoms with Gasteiger partial charge in [-0.3, -0.25) is 14.5 Å². The average molecular weight is 422 g/mol. The third-order valence-corrected chi connectivity index (χ3v) is 6.14. The van der Waals surface area contributed by atoms with Crippen molar-refractivity contribution in [2.75, 3.05) is 6.79 Å². The maximum absolute atomic E-state index is 13.3. The fraction of sp³-hybridized carbons (Fsp3) is 0.375. The fourth-order valence-electron chi connectivity index (χ4n) is 4.64. The lowest BCUT2D eigenvalue weighted by atomic mass is 9.90. The van der Waals surface area contributed by atoms with Crippen LogP contribution in [0.25, 0.3) is 0 Å². The second kappa shape index (κ2) is 7.41. The number of nitrogens with zero attached hydrogens (tertiary/aromatic N) is 1. The van der Waals surface area contributed by atoms with Crippen LogP contribution in [-0.2, 0) is 17.8 Å². The predicted octanol–water partition coefficient (Wildman–Crippen LogP) is 3.60. The molecule has 0 saturated carbocycles. The van der Waals surface area contributed by atoms with Crippen LogP contribution in [0.4, 0.5) is 4.79 Å². The third kappa shape index (κ3) is 3.54. The molecule has 2 aliphatic heterocycles. The van der Waals surface area contributed by atoms with E-state index in [4.69, 9.17) is 9.47 Å². The first-order valence-corrected chi connectivity index (χ1v) is 10.2. The van der Waals surface area contributed by atoms with E-state index < -0.39 is 11.6 Å². The van der Waals surface area contributed by atoms with E-state index in [1.54, 1.807) is 6.92 Å². The lowest BCUT2D eigenvalue weighted by molar-refractivity contribution is -0.131. The average Bonchev–Trinajstić information content (AvgIpc) is 3.21. The van der Waals surface area contributed by atoms with E-state index in [2.05, 4.69) is 5.32 Å². The van der Waals surface area contributed by atoms with Crippen molar-refractivity contribution in [1.29, 1.82) is 0 Å². The fourth-order valence-corrected chi connectivity index (χ4v) is 4.64. The smallest absolute Gasteiger partial charge is 0.325 e. The minimum absolute atomic E-state index is 0.0268. The summed E-state index contributed by atoms with van der Waals surface area (Å²) in [7, 11) is 0. The van der Waals surface area contributed by atoms with Gasteiger partial charge in [0, 0.05) is 12.0 Å². The first kappa shape index (κ1) is 20.9. The molecule has 4 rings (SSSR count). The van der Waals surface area contributed by atoms with Gasteiger partial charge in [-0.25, -0.2) is 4.79 Å². The molecule has 2 aromatic rings. The number of Topliss-reactive ketones (excluding diaryl/α,β-unsaturated/α-hetero) is 1. The summed E-state index contributed by atoms with van der Waals surface area (Å²) in [6.45, 7) is 9.27. The highest BCUT2D eigenvalue weighted by atomic mass is 16.7. The third-order valence-electron chi connectivity index (χ3n) is 6.14. The Hall–Kier alpha value is -3.35. The van der Waals surface area contributed by atoms with Crippen molar-refractivity contribution in [2.24, 2.45) is 0 Å². The maximum Gasteiger partial charge on any atom is 0.325 e. The molecule has 0 unspecified atom stereocenters. The second-order valence-electron chi connectivity index (χ2n) is 8.56. The van der Waals surface area contributed by atoms with Crippen LogP contribution in [0.15, 0.2) is 24.3 Å². The van der Waals surface area contributed by atoms with Gasteiger partial charge in [-0.2, -0.15) is 0 Å². The summed E-state index contributed by atoms with van der Waals surface area (Å²) in [5, 5.41) is 2.85. The number of hydrogen-bond acceptors (Lipinski definition) is 5. The Bertz CT molecular complexity index is 1120. The molecule has 1 N–H and O–H groups in total. The Labute approximate surface area is 181 Å². The first-order chi connectivity index (χ1) is 14.6. The molecule has 2 aromatic carbocycles. The van der Waals surface area contributed by atoms with Gasteiger partial charge in [0.1, 0.15) is 5.54 Å². The molecule has 2 heterocycles. The highest BCUT2D eigenvalue weighted by Gasteiger charge is 2.48. The van der Waals surface area contributed by atoms with E-state index >= 15 is 0 Å². The summed E-state index contributed by atoms with van der Waals surface area (Å²) in [6, 6.07) is 7.01. The normalized spacial score (nSPS) is 19.7. The van der Waals surface area contributed by atoms with Crippen LogP contribution in [0, 0.1) is 20.8 Å². The predicted molar refractivity (Wildman–Crippen MR) is 114 cm³/mol. The number of nitrogens with one attached hydrogen (secondary N) is 1. The Kier molecular flexibility index (Phi) is 5.00. The number of rotatable bonds is 5. The first-order valence-electron chi connectivity index (χ1n) is 10.2. The van der Waals surface area contributed by atoms with Crippen molar-refractivity contribution in [2.45, 2.75) is 53.1 Å². The lowest BCUT2D eigenvalue weighted by Gasteiger charge is -2.23. The molecule has 0 aromatic heterocycles. The summed E-state index contributed by atoms with van der Waals surface area (Å²) in [4.78, 5) is 39.4. The molecule has 1 saturated heterocycles. The molecule has 1 atom stereocenters. The van der Waals surface area contributed by atoms with Crippen molar-refractivity contribution < 1.29 is 23.9 Å². The highest BCUT2D eigenvalue weighted by Crippen LogP contribution is 2.34. The molecule has 3 amide bonds. The Morgan fingerprint density at radius 3 is 2.52 bits per heavy atom. The molecule has 0 radical (unpaired) electrons. The number of ether oxygens (including phenoxy) is 2. The van der Waals surface area contributed by atoms with Gasteiger partial charge in [0.15, 0.2) is 17.3 Å². The van der Waals surface area contributed by atoms with Crippen LogP contribution in [0.1, 0.15) is 52.0 Å². The highest BCUT2D eigenvalue weighted by molar-refractivity contribution is 6.07.